The Hall–Kier alpha value is -1.09. The molecule has 0 aliphatic carbocycles. The molecule has 2 rings (SSSR count). The van der Waals surface area contributed by atoms with Crippen LogP contribution in [0, 0.1) is 20.8 Å². The summed E-state index contributed by atoms with van der Waals surface area (Å²) in [5, 5.41) is 0. The monoisotopic (exact) mass is 264 g/mol. The van der Waals surface area contributed by atoms with Crippen LogP contribution >= 0.6 is 15.9 Å². The van der Waals surface area contributed by atoms with Gasteiger partial charge in [-0.25, -0.2) is 4.98 Å². The van der Waals surface area contributed by atoms with E-state index in [1.54, 1.807) is 0 Å². The summed E-state index contributed by atoms with van der Waals surface area (Å²) < 4.78 is 1.12. The number of benzene rings is 1. The smallest absolute Gasteiger partial charge is 0.138 e. The maximum absolute atomic E-state index is 4.37. The lowest BCUT2D eigenvalue weighted by molar-refractivity contribution is 1.22. The molecule has 15 heavy (non-hydrogen) atoms. The maximum atomic E-state index is 4.37. The second-order valence-electron chi connectivity index (χ2n) is 3.83. The fourth-order valence-electron chi connectivity index (χ4n) is 1.82. The van der Waals surface area contributed by atoms with E-state index < -0.39 is 0 Å². The summed E-state index contributed by atoms with van der Waals surface area (Å²) in [6.45, 7) is 6.22. The van der Waals surface area contributed by atoms with Crippen LogP contribution in [-0.2, 0) is 0 Å². The molecular weight excluding hydrogens is 252 g/mol. The van der Waals surface area contributed by atoms with Gasteiger partial charge in [0.05, 0.1) is 0 Å². The van der Waals surface area contributed by atoms with E-state index in [9.17, 15) is 0 Å². The standard InChI is InChI=1S/C12H13BrN2/c1-7-4-10(13)5-8(2)11(7)12-14-6-9(3)15-12/h4-6H,1-3H3,(H,14,15). The van der Waals surface area contributed by atoms with Gasteiger partial charge in [0.25, 0.3) is 0 Å². The summed E-state index contributed by atoms with van der Waals surface area (Å²) in [6, 6.07) is 4.22. The minimum Gasteiger partial charge on any atom is -0.342 e. The Bertz CT molecular complexity index is 477. The van der Waals surface area contributed by atoms with Gasteiger partial charge in [-0.15, -0.1) is 0 Å². The number of hydrogen-bond donors (Lipinski definition) is 1. The van der Waals surface area contributed by atoms with E-state index in [0.29, 0.717) is 0 Å². The molecule has 0 aliphatic heterocycles. The number of H-pyrrole nitrogens is 1. The Balaban J connectivity index is 2.62. The molecule has 0 aliphatic rings. The summed E-state index contributed by atoms with van der Waals surface area (Å²) in [7, 11) is 0. The van der Waals surface area contributed by atoms with Crippen LogP contribution in [0.15, 0.2) is 22.8 Å². The molecule has 0 spiro atoms. The van der Waals surface area contributed by atoms with E-state index in [0.717, 1.165) is 16.0 Å². The molecule has 3 heteroatoms. The van der Waals surface area contributed by atoms with Crippen LogP contribution in [0.2, 0.25) is 0 Å². The number of aromatic nitrogens is 2. The van der Waals surface area contributed by atoms with Crippen molar-refractivity contribution in [2.75, 3.05) is 0 Å². The van der Waals surface area contributed by atoms with E-state index in [-0.39, 0.29) is 0 Å². The number of nitrogens with one attached hydrogen (secondary N) is 1. The number of nitrogens with zero attached hydrogens (tertiary/aromatic N) is 1. The fraction of sp³-hybridized carbons (Fsp3) is 0.250. The van der Waals surface area contributed by atoms with Crippen LogP contribution in [-0.4, -0.2) is 9.97 Å². The largest absolute Gasteiger partial charge is 0.342 e. The molecule has 0 saturated heterocycles. The van der Waals surface area contributed by atoms with Gasteiger partial charge in [0.1, 0.15) is 5.82 Å². The van der Waals surface area contributed by atoms with Crippen LogP contribution in [0.3, 0.4) is 0 Å². The zero-order valence-corrected chi connectivity index (χ0v) is 10.6. The quantitative estimate of drug-likeness (QED) is 0.835. The van der Waals surface area contributed by atoms with E-state index >= 15 is 0 Å². The van der Waals surface area contributed by atoms with Gasteiger partial charge < -0.3 is 4.98 Å². The molecule has 0 atom stereocenters. The van der Waals surface area contributed by atoms with Crippen molar-refractivity contribution in [2.24, 2.45) is 0 Å². The van der Waals surface area contributed by atoms with Crippen molar-refractivity contribution in [1.29, 1.82) is 0 Å². The fourth-order valence-corrected chi connectivity index (χ4v) is 2.51. The van der Waals surface area contributed by atoms with Crippen LogP contribution in [0.25, 0.3) is 11.4 Å². The molecule has 0 bridgehead atoms. The van der Waals surface area contributed by atoms with Crippen molar-refractivity contribution in [3.05, 3.63) is 39.6 Å². The van der Waals surface area contributed by atoms with Crippen molar-refractivity contribution in [3.8, 4) is 11.4 Å². The Kier molecular flexibility index (Phi) is 2.65. The van der Waals surface area contributed by atoms with Gasteiger partial charge in [0, 0.05) is 21.9 Å². The Labute approximate surface area is 97.9 Å². The normalized spacial score (nSPS) is 10.7. The average molecular weight is 265 g/mol. The van der Waals surface area contributed by atoms with E-state index in [1.807, 2.05) is 13.1 Å². The number of hydrogen-bond acceptors (Lipinski definition) is 1. The third-order valence-corrected chi connectivity index (χ3v) is 2.89. The van der Waals surface area contributed by atoms with E-state index in [4.69, 9.17) is 0 Å². The van der Waals surface area contributed by atoms with Crippen molar-refractivity contribution in [1.82, 2.24) is 9.97 Å². The van der Waals surface area contributed by atoms with E-state index in [1.165, 1.54) is 16.7 Å². The molecule has 1 aromatic heterocycles. The molecule has 0 radical (unpaired) electrons. The van der Waals surface area contributed by atoms with Gasteiger partial charge in [-0.05, 0) is 44.0 Å². The summed E-state index contributed by atoms with van der Waals surface area (Å²) >= 11 is 3.49. The Morgan fingerprint density at radius 3 is 2.20 bits per heavy atom. The summed E-state index contributed by atoms with van der Waals surface area (Å²) in [4.78, 5) is 7.63. The SMILES string of the molecule is Cc1cnc(-c2c(C)cc(Br)cc2C)[nH]1. The lowest BCUT2D eigenvalue weighted by Gasteiger charge is -2.07. The maximum Gasteiger partial charge on any atom is 0.138 e. The molecule has 1 aromatic carbocycles. The third kappa shape index (κ3) is 1.97. The van der Waals surface area contributed by atoms with Crippen molar-refractivity contribution in [2.45, 2.75) is 20.8 Å². The molecule has 1 N–H and O–H groups in total. The molecule has 0 saturated carbocycles. The number of aromatic amines is 1. The lowest BCUT2D eigenvalue weighted by Crippen LogP contribution is -1.90. The highest BCUT2D eigenvalue weighted by molar-refractivity contribution is 9.10. The Morgan fingerprint density at radius 2 is 1.73 bits per heavy atom. The second kappa shape index (κ2) is 3.81. The predicted octanol–water partition coefficient (Wildman–Crippen LogP) is 3.76. The van der Waals surface area contributed by atoms with E-state index in [2.05, 4.69) is 51.9 Å². The molecule has 78 valence electrons. The van der Waals surface area contributed by atoms with Crippen molar-refractivity contribution < 1.29 is 0 Å². The van der Waals surface area contributed by atoms with Crippen molar-refractivity contribution >= 4 is 15.9 Å². The first-order valence-corrected chi connectivity index (χ1v) is 5.66. The number of imidazole rings is 1. The second-order valence-corrected chi connectivity index (χ2v) is 4.75. The van der Waals surface area contributed by atoms with Gasteiger partial charge in [-0.1, -0.05) is 15.9 Å². The summed E-state index contributed by atoms with van der Waals surface area (Å²) in [6.07, 6.45) is 1.86. The molecule has 1 heterocycles. The molecule has 0 unspecified atom stereocenters. The van der Waals surface area contributed by atoms with Gasteiger partial charge >= 0.3 is 0 Å². The number of aryl methyl sites for hydroxylation is 3. The zero-order chi connectivity index (χ0) is 11.0. The molecular formula is C12H13BrN2. The van der Waals surface area contributed by atoms with Gasteiger partial charge in [0.2, 0.25) is 0 Å². The highest BCUT2D eigenvalue weighted by Crippen LogP contribution is 2.27. The average Bonchev–Trinajstić information content (AvgIpc) is 2.49. The van der Waals surface area contributed by atoms with Gasteiger partial charge in [0.15, 0.2) is 0 Å². The highest BCUT2D eigenvalue weighted by atomic mass is 79.9. The molecule has 0 fully saturated rings. The topological polar surface area (TPSA) is 28.7 Å². The predicted molar refractivity (Wildman–Crippen MR) is 65.9 cm³/mol. The van der Waals surface area contributed by atoms with Crippen LogP contribution in [0.4, 0.5) is 0 Å². The first-order chi connectivity index (χ1) is 7.08. The highest BCUT2D eigenvalue weighted by Gasteiger charge is 2.09. The van der Waals surface area contributed by atoms with Crippen LogP contribution in [0.5, 0.6) is 0 Å². The molecule has 0 amide bonds. The first kappa shape index (κ1) is 10.4. The van der Waals surface area contributed by atoms with Gasteiger partial charge in [-0.2, -0.15) is 0 Å². The lowest BCUT2D eigenvalue weighted by atomic mass is 10.0. The minimum atomic E-state index is 0.954. The minimum absolute atomic E-state index is 0.954. The molecule has 2 nitrogen and oxygen atoms in total. The summed E-state index contributed by atoms with van der Waals surface area (Å²) in [5.41, 5.74) is 4.76. The third-order valence-electron chi connectivity index (χ3n) is 2.44. The Morgan fingerprint density at radius 1 is 1.13 bits per heavy atom. The number of rotatable bonds is 1. The molecule has 2 aromatic rings. The zero-order valence-electron chi connectivity index (χ0n) is 9.06. The number of halogens is 1. The van der Waals surface area contributed by atoms with Crippen LogP contribution in [0.1, 0.15) is 16.8 Å². The van der Waals surface area contributed by atoms with Gasteiger partial charge in [-0.3, -0.25) is 0 Å². The summed E-state index contributed by atoms with van der Waals surface area (Å²) in [5.74, 6) is 0.954. The first-order valence-electron chi connectivity index (χ1n) is 4.86. The van der Waals surface area contributed by atoms with Crippen molar-refractivity contribution in [3.63, 3.8) is 0 Å². The van der Waals surface area contributed by atoms with Crippen LogP contribution < -0.4 is 0 Å².